The van der Waals surface area contributed by atoms with Crippen LogP contribution in [0, 0.1) is 0 Å². The van der Waals surface area contributed by atoms with Crippen molar-refractivity contribution >= 4 is 11.2 Å². The number of nitrogens with zero attached hydrogens (tertiary/aromatic N) is 4. The maximum Gasteiger partial charge on any atom is 0.160 e. The zero-order valence-corrected chi connectivity index (χ0v) is 13.2. The van der Waals surface area contributed by atoms with E-state index in [1.165, 1.54) is 0 Å². The number of phenols is 1. The number of rotatable bonds is 2. The summed E-state index contributed by atoms with van der Waals surface area (Å²) >= 11 is 0. The summed E-state index contributed by atoms with van der Waals surface area (Å²) in [7, 11) is 2.16. The molecule has 5 nitrogen and oxygen atoms in total. The van der Waals surface area contributed by atoms with Crippen molar-refractivity contribution in [2.75, 3.05) is 20.1 Å². The lowest BCUT2D eigenvalue weighted by molar-refractivity contribution is 0.224. The molecule has 0 spiro atoms. The monoisotopic (exact) mass is 308 g/mol. The topological polar surface area (TPSA) is 54.2 Å². The highest BCUT2D eigenvalue weighted by molar-refractivity contribution is 5.77. The fourth-order valence-corrected chi connectivity index (χ4v) is 3.38. The Labute approximate surface area is 135 Å². The molecule has 0 radical (unpaired) electrons. The zero-order valence-electron chi connectivity index (χ0n) is 13.2. The van der Waals surface area contributed by atoms with Crippen molar-refractivity contribution in [1.82, 2.24) is 19.4 Å². The second kappa shape index (κ2) is 5.66. The van der Waals surface area contributed by atoms with Crippen molar-refractivity contribution in [3.05, 3.63) is 42.6 Å². The molecule has 0 bridgehead atoms. The summed E-state index contributed by atoms with van der Waals surface area (Å²) in [6.45, 7) is 2.16. The molecule has 1 aliphatic rings. The smallest absolute Gasteiger partial charge is 0.160 e. The molecule has 0 unspecified atom stereocenters. The lowest BCUT2D eigenvalue weighted by Crippen LogP contribution is -2.31. The van der Waals surface area contributed by atoms with Crippen LogP contribution in [0.4, 0.5) is 0 Å². The molecule has 5 heteroatoms. The van der Waals surface area contributed by atoms with Gasteiger partial charge >= 0.3 is 0 Å². The Hall–Kier alpha value is -2.40. The van der Waals surface area contributed by atoms with Gasteiger partial charge in [-0.25, -0.2) is 9.97 Å². The number of piperidine rings is 1. The first-order chi connectivity index (χ1) is 11.2. The number of hydrogen-bond donors (Lipinski definition) is 1. The molecule has 23 heavy (non-hydrogen) atoms. The predicted octanol–water partition coefficient (Wildman–Crippen LogP) is 3.07. The number of likely N-dealkylation sites (tertiary alicyclic amines) is 1. The number of pyridine rings is 1. The van der Waals surface area contributed by atoms with Crippen molar-refractivity contribution < 1.29 is 5.11 Å². The van der Waals surface area contributed by atoms with E-state index in [9.17, 15) is 5.11 Å². The third kappa shape index (κ3) is 2.57. The molecule has 0 atom stereocenters. The Morgan fingerprint density at radius 3 is 2.74 bits per heavy atom. The molecule has 1 fully saturated rings. The van der Waals surface area contributed by atoms with Gasteiger partial charge in [-0.1, -0.05) is 12.1 Å². The first-order valence-electron chi connectivity index (χ1n) is 8.03. The van der Waals surface area contributed by atoms with Gasteiger partial charge in [0.15, 0.2) is 5.65 Å². The van der Waals surface area contributed by atoms with Crippen molar-refractivity contribution in [3.8, 4) is 17.1 Å². The Kier molecular flexibility index (Phi) is 3.50. The molecule has 0 aliphatic carbocycles. The molecule has 118 valence electrons. The molecule has 3 aromatic rings. The SMILES string of the molecule is CN1CCC(n2c(-c3cccc(O)c3)nc3cccnc32)CC1. The lowest BCUT2D eigenvalue weighted by atomic mass is 10.0. The largest absolute Gasteiger partial charge is 0.508 e. The van der Waals surface area contributed by atoms with E-state index in [0.717, 1.165) is 48.5 Å². The van der Waals surface area contributed by atoms with Gasteiger partial charge in [-0.05, 0) is 57.2 Å². The van der Waals surface area contributed by atoms with Gasteiger partial charge in [-0.2, -0.15) is 0 Å². The first kappa shape index (κ1) is 14.2. The van der Waals surface area contributed by atoms with Crippen molar-refractivity contribution in [1.29, 1.82) is 0 Å². The molecule has 1 aromatic carbocycles. The normalized spacial score (nSPS) is 16.9. The molecule has 1 N–H and O–H groups in total. The van der Waals surface area contributed by atoms with Crippen LogP contribution in [-0.4, -0.2) is 44.7 Å². The highest BCUT2D eigenvalue weighted by Crippen LogP contribution is 2.33. The van der Waals surface area contributed by atoms with Crippen molar-refractivity contribution in [2.24, 2.45) is 0 Å². The van der Waals surface area contributed by atoms with Crippen LogP contribution < -0.4 is 0 Å². The maximum atomic E-state index is 9.83. The van der Waals surface area contributed by atoms with E-state index in [1.54, 1.807) is 12.1 Å². The van der Waals surface area contributed by atoms with E-state index >= 15 is 0 Å². The second-order valence-corrected chi connectivity index (χ2v) is 6.24. The fourth-order valence-electron chi connectivity index (χ4n) is 3.38. The van der Waals surface area contributed by atoms with Crippen LogP contribution in [0.5, 0.6) is 5.75 Å². The third-order valence-corrected chi connectivity index (χ3v) is 4.61. The predicted molar refractivity (Wildman–Crippen MR) is 90.4 cm³/mol. The van der Waals surface area contributed by atoms with Crippen LogP contribution in [0.15, 0.2) is 42.6 Å². The Balaban J connectivity index is 1.88. The van der Waals surface area contributed by atoms with E-state index in [2.05, 4.69) is 21.5 Å². The molecular weight excluding hydrogens is 288 g/mol. The number of aromatic hydroxyl groups is 1. The summed E-state index contributed by atoms with van der Waals surface area (Å²) in [5.41, 5.74) is 2.77. The number of hydrogen-bond acceptors (Lipinski definition) is 4. The summed E-state index contributed by atoms with van der Waals surface area (Å²) in [4.78, 5) is 11.7. The number of imidazole rings is 1. The van der Waals surface area contributed by atoms with E-state index in [0.29, 0.717) is 6.04 Å². The van der Waals surface area contributed by atoms with E-state index in [1.807, 2.05) is 30.5 Å². The molecule has 1 saturated heterocycles. The number of benzene rings is 1. The zero-order chi connectivity index (χ0) is 15.8. The van der Waals surface area contributed by atoms with Crippen LogP contribution in [-0.2, 0) is 0 Å². The Bertz CT molecular complexity index is 834. The van der Waals surface area contributed by atoms with E-state index < -0.39 is 0 Å². The molecule has 2 aromatic heterocycles. The average molecular weight is 308 g/mol. The maximum absolute atomic E-state index is 9.83. The van der Waals surface area contributed by atoms with Crippen LogP contribution in [0.2, 0.25) is 0 Å². The summed E-state index contributed by atoms with van der Waals surface area (Å²) in [5, 5.41) is 9.83. The average Bonchev–Trinajstić information content (AvgIpc) is 2.95. The highest BCUT2D eigenvalue weighted by atomic mass is 16.3. The number of fused-ring (bicyclic) bond motifs is 1. The van der Waals surface area contributed by atoms with Crippen molar-refractivity contribution in [2.45, 2.75) is 18.9 Å². The van der Waals surface area contributed by atoms with Gasteiger partial charge in [-0.3, -0.25) is 0 Å². The van der Waals surface area contributed by atoms with Gasteiger partial charge in [0.25, 0.3) is 0 Å². The first-order valence-corrected chi connectivity index (χ1v) is 8.03. The van der Waals surface area contributed by atoms with Gasteiger partial charge in [0, 0.05) is 17.8 Å². The summed E-state index contributed by atoms with van der Waals surface area (Å²) in [6.07, 6.45) is 4.00. The Morgan fingerprint density at radius 1 is 1.13 bits per heavy atom. The fraction of sp³-hybridized carbons (Fsp3) is 0.333. The molecule has 4 rings (SSSR count). The molecule has 3 heterocycles. The van der Waals surface area contributed by atoms with Crippen LogP contribution in [0.3, 0.4) is 0 Å². The molecule has 0 amide bonds. The standard InChI is InChI=1S/C18H20N4O/c1-21-10-7-14(8-11-21)22-17(13-4-2-5-15(23)12-13)20-16-6-3-9-19-18(16)22/h2-6,9,12,14,23H,7-8,10-11H2,1H3. The van der Waals surface area contributed by atoms with Crippen LogP contribution in [0.25, 0.3) is 22.6 Å². The number of phenolic OH excluding ortho intramolecular Hbond substituents is 1. The van der Waals surface area contributed by atoms with Gasteiger partial charge in [0.2, 0.25) is 0 Å². The highest BCUT2D eigenvalue weighted by Gasteiger charge is 2.24. The molecule has 1 aliphatic heterocycles. The van der Waals surface area contributed by atoms with Crippen LogP contribution in [0.1, 0.15) is 18.9 Å². The van der Waals surface area contributed by atoms with Gasteiger partial charge < -0.3 is 14.6 Å². The Morgan fingerprint density at radius 2 is 1.96 bits per heavy atom. The van der Waals surface area contributed by atoms with Crippen molar-refractivity contribution in [3.63, 3.8) is 0 Å². The summed E-state index contributed by atoms with van der Waals surface area (Å²) in [5.74, 6) is 1.15. The summed E-state index contributed by atoms with van der Waals surface area (Å²) < 4.78 is 2.26. The summed E-state index contributed by atoms with van der Waals surface area (Å²) in [6, 6.07) is 11.6. The third-order valence-electron chi connectivity index (χ3n) is 4.61. The molecule has 0 saturated carbocycles. The minimum Gasteiger partial charge on any atom is -0.508 e. The quantitative estimate of drug-likeness (QED) is 0.790. The van der Waals surface area contributed by atoms with Crippen LogP contribution >= 0.6 is 0 Å². The number of aromatic nitrogens is 3. The van der Waals surface area contributed by atoms with E-state index in [-0.39, 0.29) is 5.75 Å². The van der Waals surface area contributed by atoms with Gasteiger partial charge in [0.05, 0.1) is 0 Å². The van der Waals surface area contributed by atoms with Gasteiger partial charge in [0.1, 0.15) is 17.1 Å². The molecular formula is C18H20N4O. The minimum atomic E-state index is 0.262. The minimum absolute atomic E-state index is 0.262. The van der Waals surface area contributed by atoms with E-state index in [4.69, 9.17) is 4.98 Å². The second-order valence-electron chi connectivity index (χ2n) is 6.24. The lowest BCUT2D eigenvalue weighted by Gasteiger charge is -2.30. The van der Waals surface area contributed by atoms with Gasteiger partial charge in [-0.15, -0.1) is 0 Å².